The second-order valence-corrected chi connectivity index (χ2v) is 3.19. The summed E-state index contributed by atoms with van der Waals surface area (Å²) in [5.74, 6) is 0. The summed E-state index contributed by atoms with van der Waals surface area (Å²) in [6.07, 6.45) is 0.664. The van der Waals surface area contributed by atoms with E-state index in [0.29, 0.717) is 12.1 Å². The molecule has 15 heavy (non-hydrogen) atoms. The van der Waals surface area contributed by atoms with Crippen LogP contribution < -0.4 is 0 Å². The van der Waals surface area contributed by atoms with Gasteiger partial charge in [0.2, 0.25) is 5.15 Å². The van der Waals surface area contributed by atoms with Gasteiger partial charge in [0.05, 0.1) is 24.0 Å². The quantitative estimate of drug-likeness (QED) is 0.582. The standard InChI is InChI=1S/C8H9ClN4O2/c1-2-6-7(13(14)15)8(9)12(11-6)5-3-4-10/h2-3,5H2,1H3. The Labute approximate surface area is 91.2 Å². The molecular formula is C8H9ClN4O2. The number of rotatable bonds is 4. The van der Waals surface area contributed by atoms with E-state index in [0.717, 1.165) is 0 Å². The topological polar surface area (TPSA) is 84.8 Å². The van der Waals surface area contributed by atoms with Gasteiger partial charge in [0.1, 0.15) is 5.69 Å². The third kappa shape index (κ3) is 2.25. The molecule has 7 heteroatoms. The third-order valence-corrected chi connectivity index (χ3v) is 2.26. The number of aromatic nitrogens is 2. The summed E-state index contributed by atoms with van der Waals surface area (Å²) in [5, 5.41) is 23.1. The van der Waals surface area contributed by atoms with Gasteiger partial charge in [0.15, 0.2) is 0 Å². The third-order valence-electron chi connectivity index (χ3n) is 1.89. The highest BCUT2D eigenvalue weighted by Gasteiger charge is 2.24. The smallest absolute Gasteiger partial charge is 0.258 e. The van der Waals surface area contributed by atoms with E-state index in [1.165, 1.54) is 4.68 Å². The largest absolute Gasteiger partial charge is 0.329 e. The average molecular weight is 229 g/mol. The van der Waals surface area contributed by atoms with Crippen molar-refractivity contribution in [3.05, 3.63) is 21.0 Å². The van der Waals surface area contributed by atoms with Crippen molar-refractivity contribution in [2.75, 3.05) is 0 Å². The lowest BCUT2D eigenvalue weighted by Gasteiger charge is -1.95. The Morgan fingerprint density at radius 2 is 2.40 bits per heavy atom. The molecule has 0 aromatic carbocycles. The van der Waals surface area contributed by atoms with Gasteiger partial charge < -0.3 is 0 Å². The molecule has 0 aliphatic rings. The molecule has 0 unspecified atom stereocenters. The van der Waals surface area contributed by atoms with Crippen LogP contribution in [0, 0.1) is 21.4 Å². The van der Waals surface area contributed by atoms with Gasteiger partial charge in [-0.1, -0.05) is 18.5 Å². The molecule has 1 rings (SSSR count). The molecule has 0 radical (unpaired) electrons. The minimum absolute atomic E-state index is 0.00731. The first-order chi connectivity index (χ1) is 7.11. The summed E-state index contributed by atoms with van der Waals surface area (Å²) < 4.78 is 1.29. The van der Waals surface area contributed by atoms with Crippen molar-refractivity contribution in [1.29, 1.82) is 5.26 Å². The summed E-state index contributed by atoms with van der Waals surface area (Å²) in [4.78, 5) is 10.1. The summed E-state index contributed by atoms with van der Waals surface area (Å²) >= 11 is 5.79. The first-order valence-corrected chi connectivity index (χ1v) is 4.76. The molecular weight excluding hydrogens is 220 g/mol. The van der Waals surface area contributed by atoms with E-state index in [1.54, 1.807) is 6.92 Å². The fraction of sp³-hybridized carbons (Fsp3) is 0.500. The van der Waals surface area contributed by atoms with Crippen molar-refractivity contribution in [2.45, 2.75) is 26.3 Å². The number of nitro groups is 1. The molecule has 0 atom stereocenters. The van der Waals surface area contributed by atoms with Crippen LogP contribution >= 0.6 is 11.6 Å². The maximum atomic E-state index is 10.7. The molecule has 6 nitrogen and oxygen atoms in total. The second-order valence-electron chi connectivity index (χ2n) is 2.83. The van der Waals surface area contributed by atoms with Crippen LogP contribution in [0.15, 0.2) is 0 Å². The maximum Gasteiger partial charge on any atom is 0.329 e. The minimum Gasteiger partial charge on any atom is -0.258 e. The van der Waals surface area contributed by atoms with E-state index in [9.17, 15) is 10.1 Å². The van der Waals surface area contributed by atoms with E-state index in [-0.39, 0.29) is 23.8 Å². The van der Waals surface area contributed by atoms with Gasteiger partial charge in [-0.3, -0.25) is 10.1 Å². The number of nitriles is 1. The highest BCUT2D eigenvalue weighted by Crippen LogP contribution is 2.28. The Morgan fingerprint density at radius 1 is 1.73 bits per heavy atom. The zero-order valence-electron chi connectivity index (χ0n) is 8.10. The average Bonchev–Trinajstić information content (AvgIpc) is 2.52. The SMILES string of the molecule is CCc1nn(CCC#N)c(Cl)c1[N+](=O)[O-]. The van der Waals surface area contributed by atoms with Crippen molar-refractivity contribution in [3.63, 3.8) is 0 Å². The molecule has 0 aliphatic heterocycles. The Balaban J connectivity index is 3.11. The molecule has 1 aromatic heterocycles. The maximum absolute atomic E-state index is 10.7. The van der Waals surface area contributed by atoms with Crippen LogP contribution in [0.1, 0.15) is 19.0 Å². The zero-order chi connectivity index (χ0) is 11.4. The van der Waals surface area contributed by atoms with Gasteiger partial charge >= 0.3 is 5.69 Å². The number of nitrogens with zero attached hydrogens (tertiary/aromatic N) is 4. The Kier molecular flexibility index (Phi) is 3.63. The van der Waals surface area contributed by atoms with Crippen molar-refractivity contribution in [2.24, 2.45) is 0 Å². The first kappa shape index (κ1) is 11.5. The molecule has 0 fully saturated rings. The van der Waals surface area contributed by atoms with Crippen LogP contribution in [0.2, 0.25) is 5.15 Å². The lowest BCUT2D eigenvalue weighted by Crippen LogP contribution is -1.99. The Bertz CT molecular complexity index is 421. The molecule has 0 saturated carbocycles. The highest BCUT2D eigenvalue weighted by atomic mass is 35.5. The normalized spacial score (nSPS) is 9.93. The molecule has 80 valence electrons. The second kappa shape index (κ2) is 4.75. The summed E-state index contributed by atoms with van der Waals surface area (Å²) in [6.45, 7) is 2.04. The van der Waals surface area contributed by atoms with Crippen molar-refractivity contribution in [1.82, 2.24) is 9.78 Å². The highest BCUT2D eigenvalue weighted by molar-refractivity contribution is 6.31. The van der Waals surface area contributed by atoms with Crippen LogP contribution in [0.3, 0.4) is 0 Å². The molecule has 0 aliphatic carbocycles. The van der Waals surface area contributed by atoms with Gasteiger partial charge in [-0.25, -0.2) is 4.68 Å². The van der Waals surface area contributed by atoms with Crippen molar-refractivity contribution in [3.8, 4) is 6.07 Å². The van der Waals surface area contributed by atoms with Gasteiger partial charge in [-0.2, -0.15) is 10.4 Å². The summed E-state index contributed by atoms with van der Waals surface area (Å²) in [5.41, 5.74) is 0.194. The van der Waals surface area contributed by atoms with Crippen LogP contribution in [0.25, 0.3) is 0 Å². The van der Waals surface area contributed by atoms with Gasteiger partial charge in [-0.05, 0) is 6.42 Å². The fourth-order valence-corrected chi connectivity index (χ4v) is 1.50. The monoisotopic (exact) mass is 228 g/mol. The van der Waals surface area contributed by atoms with Crippen molar-refractivity contribution >= 4 is 17.3 Å². The van der Waals surface area contributed by atoms with Gasteiger partial charge in [-0.15, -0.1) is 0 Å². The molecule has 0 amide bonds. The molecule has 0 saturated heterocycles. The van der Waals surface area contributed by atoms with Gasteiger partial charge in [0, 0.05) is 0 Å². The Hall–Kier alpha value is -1.61. The molecule has 0 spiro atoms. The van der Waals surface area contributed by atoms with Crippen LogP contribution in [-0.2, 0) is 13.0 Å². The fourth-order valence-electron chi connectivity index (χ4n) is 1.20. The number of halogens is 1. The van der Waals surface area contributed by atoms with Crippen LogP contribution in [-0.4, -0.2) is 14.7 Å². The molecule has 1 aromatic rings. The minimum atomic E-state index is -0.545. The zero-order valence-corrected chi connectivity index (χ0v) is 8.86. The van der Waals surface area contributed by atoms with E-state index < -0.39 is 4.92 Å². The summed E-state index contributed by atoms with van der Waals surface area (Å²) in [6, 6.07) is 1.93. The predicted molar refractivity (Wildman–Crippen MR) is 53.5 cm³/mol. The van der Waals surface area contributed by atoms with E-state index in [1.807, 2.05) is 6.07 Å². The van der Waals surface area contributed by atoms with E-state index >= 15 is 0 Å². The van der Waals surface area contributed by atoms with E-state index in [2.05, 4.69) is 5.10 Å². The molecule has 0 N–H and O–H groups in total. The van der Waals surface area contributed by atoms with Crippen LogP contribution in [0.5, 0.6) is 0 Å². The lowest BCUT2D eigenvalue weighted by atomic mass is 10.3. The number of hydrogen-bond donors (Lipinski definition) is 0. The van der Waals surface area contributed by atoms with Gasteiger partial charge in [0.25, 0.3) is 0 Å². The predicted octanol–water partition coefficient (Wildman–Crippen LogP) is 1.92. The lowest BCUT2D eigenvalue weighted by molar-refractivity contribution is -0.385. The molecule has 0 bridgehead atoms. The molecule has 1 heterocycles. The summed E-state index contributed by atoms with van der Waals surface area (Å²) in [7, 11) is 0. The van der Waals surface area contributed by atoms with E-state index in [4.69, 9.17) is 16.9 Å². The van der Waals surface area contributed by atoms with Crippen molar-refractivity contribution < 1.29 is 4.92 Å². The number of hydrogen-bond acceptors (Lipinski definition) is 4. The Morgan fingerprint density at radius 3 is 2.80 bits per heavy atom. The number of aryl methyl sites for hydroxylation is 2. The first-order valence-electron chi connectivity index (χ1n) is 4.38. The van der Waals surface area contributed by atoms with Crippen LogP contribution in [0.4, 0.5) is 5.69 Å².